The number of benzene rings is 1. The zero-order valence-electron chi connectivity index (χ0n) is 8.96. The number of carbonyl (C=O) groups excluding carboxylic acids is 1. The lowest BCUT2D eigenvalue weighted by atomic mass is 10.2. The molecular formula is C12H13ClN2O. The normalized spacial score (nSPS) is 11.6. The van der Waals surface area contributed by atoms with Gasteiger partial charge in [0.15, 0.2) is 0 Å². The van der Waals surface area contributed by atoms with E-state index in [1.54, 1.807) is 12.1 Å². The molecule has 1 amide bonds. The van der Waals surface area contributed by atoms with Crippen LogP contribution in [-0.2, 0) is 4.79 Å². The molecule has 0 aromatic heterocycles. The molecule has 0 saturated carbocycles. The van der Waals surface area contributed by atoms with Gasteiger partial charge in [0.05, 0.1) is 16.8 Å². The van der Waals surface area contributed by atoms with Crippen molar-refractivity contribution in [2.45, 2.75) is 19.4 Å². The third kappa shape index (κ3) is 3.27. The highest BCUT2D eigenvalue weighted by Gasteiger charge is 2.13. The molecule has 0 heterocycles. The van der Waals surface area contributed by atoms with Crippen LogP contribution < -0.4 is 11.1 Å². The number of aryl methyl sites for hydroxylation is 1. The lowest BCUT2D eigenvalue weighted by Crippen LogP contribution is -2.35. The molecule has 4 heteroatoms. The minimum atomic E-state index is -0.707. The highest BCUT2D eigenvalue weighted by molar-refractivity contribution is 6.33. The summed E-state index contributed by atoms with van der Waals surface area (Å²) in [6.45, 7) is 1.91. The Hall–Kier alpha value is -1.50. The largest absolute Gasteiger partial charge is 0.323 e. The van der Waals surface area contributed by atoms with Gasteiger partial charge in [0.2, 0.25) is 5.91 Å². The van der Waals surface area contributed by atoms with Crippen LogP contribution >= 0.6 is 11.6 Å². The van der Waals surface area contributed by atoms with Gasteiger partial charge in [-0.1, -0.05) is 17.7 Å². The zero-order chi connectivity index (χ0) is 12.1. The van der Waals surface area contributed by atoms with E-state index in [2.05, 4.69) is 11.2 Å². The predicted octanol–water partition coefficient (Wildman–Crippen LogP) is 1.94. The van der Waals surface area contributed by atoms with E-state index in [1.807, 2.05) is 13.0 Å². The number of terminal acetylenes is 1. The second-order valence-corrected chi connectivity index (χ2v) is 3.89. The number of amides is 1. The summed E-state index contributed by atoms with van der Waals surface area (Å²) in [7, 11) is 0. The van der Waals surface area contributed by atoms with Gasteiger partial charge in [0.1, 0.15) is 0 Å². The molecule has 84 valence electrons. The van der Waals surface area contributed by atoms with Crippen molar-refractivity contribution in [1.82, 2.24) is 0 Å². The van der Waals surface area contributed by atoms with E-state index in [0.717, 1.165) is 5.56 Å². The number of anilines is 1. The molecule has 0 aliphatic carbocycles. The Morgan fingerprint density at radius 2 is 2.38 bits per heavy atom. The maximum atomic E-state index is 11.6. The Bertz CT molecular complexity index is 437. The summed E-state index contributed by atoms with van der Waals surface area (Å²) >= 11 is 5.93. The summed E-state index contributed by atoms with van der Waals surface area (Å²) in [5.74, 6) is 2.01. The fraction of sp³-hybridized carbons (Fsp3) is 0.250. The fourth-order valence-corrected chi connectivity index (χ4v) is 1.34. The van der Waals surface area contributed by atoms with Crippen LogP contribution in [0.2, 0.25) is 5.02 Å². The minimum Gasteiger partial charge on any atom is -0.323 e. The van der Waals surface area contributed by atoms with Gasteiger partial charge < -0.3 is 11.1 Å². The van der Waals surface area contributed by atoms with Crippen molar-refractivity contribution in [3.63, 3.8) is 0 Å². The van der Waals surface area contributed by atoms with Crippen molar-refractivity contribution in [2.75, 3.05) is 5.32 Å². The van der Waals surface area contributed by atoms with Gasteiger partial charge in [-0.05, 0) is 24.6 Å². The van der Waals surface area contributed by atoms with Crippen LogP contribution in [0.15, 0.2) is 18.2 Å². The second kappa shape index (κ2) is 5.55. The molecule has 1 unspecified atom stereocenters. The summed E-state index contributed by atoms with van der Waals surface area (Å²) < 4.78 is 0. The van der Waals surface area contributed by atoms with Gasteiger partial charge in [-0.2, -0.15) is 0 Å². The van der Waals surface area contributed by atoms with Crippen LogP contribution in [0.25, 0.3) is 0 Å². The Labute approximate surface area is 100.0 Å². The molecule has 1 atom stereocenters. The average Bonchev–Trinajstić information content (AvgIpc) is 2.23. The first kappa shape index (κ1) is 12.6. The third-order valence-corrected chi connectivity index (χ3v) is 2.38. The standard InChI is InChI=1S/C12H13ClN2O/c1-3-4-10(14)12(16)15-11-7-8(2)5-6-9(11)13/h1,5-7,10H,4,14H2,2H3,(H,15,16). The summed E-state index contributed by atoms with van der Waals surface area (Å²) in [6.07, 6.45) is 5.28. The lowest BCUT2D eigenvalue weighted by Gasteiger charge is -2.11. The molecule has 0 spiro atoms. The van der Waals surface area contributed by atoms with E-state index in [0.29, 0.717) is 10.7 Å². The van der Waals surface area contributed by atoms with E-state index in [4.69, 9.17) is 23.8 Å². The van der Waals surface area contributed by atoms with Crippen LogP contribution in [0, 0.1) is 19.3 Å². The van der Waals surface area contributed by atoms with E-state index in [9.17, 15) is 4.79 Å². The average molecular weight is 237 g/mol. The lowest BCUT2D eigenvalue weighted by molar-refractivity contribution is -0.117. The monoisotopic (exact) mass is 236 g/mol. The highest BCUT2D eigenvalue weighted by Crippen LogP contribution is 2.22. The molecule has 0 radical (unpaired) electrons. The molecule has 0 fully saturated rings. The molecule has 0 saturated heterocycles. The molecule has 0 aliphatic rings. The Kier molecular flexibility index (Phi) is 4.36. The summed E-state index contributed by atoms with van der Waals surface area (Å²) in [4.78, 5) is 11.6. The van der Waals surface area contributed by atoms with Crippen molar-refractivity contribution in [3.05, 3.63) is 28.8 Å². The van der Waals surface area contributed by atoms with Crippen LogP contribution in [0.4, 0.5) is 5.69 Å². The van der Waals surface area contributed by atoms with Crippen molar-refractivity contribution in [2.24, 2.45) is 5.73 Å². The van der Waals surface area contributed by atoms with Gasteiger partial charge in [-0.25, -0.2) is 0 Å². The quantitative estimate of drug-likeness (QED) is 0.788. The van der Waals surface area contributed by atoms with Gasteiger partial charge >= 0.3 is 0 Å². The summed E-state index contributed by atoms with van der Waals surface area (Å²) in [6, 6.07) is 4.66. The molecule has 1 aromatic carbocycles. The molecule has 3 N–H and O–H groups in total. The van der Waals surface area contributed by atoms with Crippen molar-refractivity contribution in [3.8, 4) is 12.3 Å². The van der Waals surface area contributed by atoms with E-state index >= 15 is 0 Å². The first-order chi connectivity index (χ1) is 7.54. The van der Waals surface area contributed by atoms with E-state index in [1.165, 1.54) is 0 Å². The molecular weight excluding hydrogens is 224 g/mol. The van der Waals surface area contributed by atoms with Gasteiger partial charge in [-0.15, -0.1) is 12.3 Å². The molecule has 1 aromatic rings. The molecule has 0 aliphatic heterocycles. The number of nitrogens with one attached hydrogen (secondary N) is 1. The summed E-state index contributed by atoms with van der Waals surface area (Å²) in [5, 5.41) is 3.12. The maximum absolute atomic E-state index is 11.6. The molecule has 3 nitrogen and oxygen atoms in total. The molecule has 0 bridgehead atoms. The number of carbonyl (C=O) groups is 1. The molecule has 1 rings (SSSR count). The number of hydrogen-bond acceptors (Lipinski definition) is 2. The number of nitrogens with two attached hydrogens (primary N) is 1. The Balaban J connectivity index is 2.77. The highest BCUT2D eigenvalue weighted by atomic mass is 35.5. The minimum absolute atomic E-state index is 0.204. The Morgan fingerprint density at radius 1 is 1.69 bits per heavy atom. The van der Waals surface area contributed by atoms with E-state index < -0.39 is 6.04 Å². The van der Waals surface area contributed by atoms with Crippen LogP contribution in [0.3, 0.4) is 0 Å². The predicted molar refractivity (Wildman–Crippen MR) is 66.2 cm³/mol. The topological polar surface area (TPSA) is 55.1 Å². The first-order valence-electron chi connectivity index (χ1n) is 4.80. The third-order valence-electron chi connectivity index (χ3n) is 2.05. The van der Waals surface area contributed by atoms with Crippen molar-refractivity contribution < 1.29 is 4.79 Å². The van der Waals surface area contributed by atoms with Crippen molar-refractivity contribution >= 4 is 23.2 Å². The van der Waals surface area contributed by atoms with Gasteiger partial charge in [0.25, 0.3) is 0 Å². The fourth-order valence-electron chi connectivity index (χ4n) is 1.18. The van der Waals surface area contributed by atoms with Crippen LogP contribution in [0.5, 0.6) is 0 Å². The SMILES string of the molecule is C#CCC(N)C(=O)Nc1cc(C)ccc1Cl. The number of hydrogen-bond donors (Lipinski definition) is 2. The number of halogens is 1. The maximum Gasteiger partial charge on any atom is 0.242 e. The van der Waals surface area contributed by atoms with E-state index in [-0.39, 0.29) is 12.3 Å². The van der Waals surface area contributed by atoms with Crippen LogP contribution in [0.1, 0.15) is 12.0 Å². The number of rotatable bonds is 3. The Morgan fingerprint density at radius 3 is 3.00 bits per heavy atom. The zero-order valence-corrected chi connectivity index (χ0v) is 9.71. The second-order valence-electron chi connectivity index (χ2n) is 3.49. The first-order valence-corrected chi connectivity index (χ1v) is 5.18. The molecule has 16 heavy (non-hydrogen) atoms. The van der Waals surface area contributed by atoms with Crippen LogP contribution in [-0.4, -0.2) is 11.9 Å². The van der Waals surface area contributed by atoms with Gasteiger partial charge in [0, 0.05) is 6.42 Å². The van der Waals surface area contributed by atoms with Crippen molar-refractivity contribution in [1.29, 1.82) is 0 Å². The van der Waals surface area contributed by atoms with Gasteiger partial charge in [-0.3, -0.25) is 4.79 Å². The summed E-state index contributed by atoms with van der Waals surface area (Å²) in [5.41, 5.74) is 7.13. The smallest absolute Gasteiger partial charge is 0.242 e.